The molecular formula is C23H29N3O3S. The molecule has 30 heavy (non-hydrogen) atoms. The topological polar surface area (TPSA) is 87.6 Å². The number of fused-ring (bicyclic) bond motifs is 1. The van der Waals surface area contributed by atoms with Gasteiger partial charge in [0.05, 0.1) is 5.69 Å². The third-order valence-electron chi connectivity index (χ3n) is 5.08. The fourth-order valence-electron chi connectivity index (χ4n) is 3.62. The normalized spacial score (nSPS) is 16.0. The predicted molar refractivity (Wildman–Crippen MR) is 120 cm³/mol. The van der Waals surface area contributed by atoms with Crippen molar-refractivity contribution < 1.29 is 13.2 Å². The van der Waals surface area contributed by atoms with Crippen LogP contribution in [0.2, 0.25) is 0 Å². The van der Waals surface area contributed by atoms with Gasteiger partial charge in [-0.15, -0.1) is 4.40 Å². The molecule has 2 N–H and O–H groups in total. The average molecular weight is 428 g/mol. The van der Waals surface area contributed by atoms with Gasteiger partial charge in [0, 0.05) is 18.9 Å². The van der Waals surface area contributed by atoms with Crippen LogP contribution in [0.15, 0.2) is 63.9 Å². The third kappa shape index (κ3) is 5.92. The predicted octanol–water partition coefficient (Wildman–Crippen LogP) is 4.14. The maximum atomic E-state index is 12.6. The molecule has 0 aliphatic carbocycles. The summed E-state index contributed by atoms with van der Waals surface area (Å²) in [4.78, 5) is 12.7. The Morgan fingerprint density at radius 2 is 1.77 bits per heavy atom. The molecule has 3 rings (SSSR count). The molecular weight excluding hydrogens is 398 g/mol. The number of nitrogens with one attached hydrogen (secondary N) is 2. The molecule has 1 amide bonds. The van der Waals surface area contributed by atoms with Crippen LogP contribution in [0.3, 0.4) is 0 Å². The van der Waals surface area contributed by atoms with Gasteiger partial charge < -0.3 is 10.6 Å². The van der Waals surface area contributed by atoms with Crippen LogP contribution in [-0.4, -0.2) is 26.2 Å². The number of sulfonamides is 1. The van der Waals surface area contributed by atoms with E-state index in [1.54, 1.807) is 18.2 Å². The smallest absolute Gasteiger partial charge is 0.286 e. The van der Waals surface area contributed by atoms with E-state index in [1.807, 2.05) is 39.0 Å². The molecule has 0 spiro atoms. The molecule has 1 atom stereocenters. The Bertz CT molecular complexity index is 1030. The molecule has 1 aliphatic heterocycles. The van der Waals surface area contributed by atoms with Gasteiger partial charge in [-0.25, -0.2) is 0 Å². The molecule has 0 saturated carbocycles. The van der Waals surface area contributed by atoms with Gasteiger partial charge in [0.25, 0.3) is 10.0 Å². The van der Waals surface area contributed by atoms with Crippen molar-refractivity contribution in [3.63, 3.8) is 0 Å². The quantitative estimate of drug-likeness (QED) is 0.663. The maximum Gasteiger partial charge on any atom is 0.286 e. The van der Waals surface area contributed by atoms with Crippen molar-refractivity contribution in [2.24, 2.45) is 9.81 Å². The minimum atomic E-state index is -3.72. The van der Waals surface area contributed by atoms with Crippen LogP contribution in [-0.2, 0) is 21.2 Å². The fourth-order valence-corrected chi connectivity index (χ4v) is 4.77. The first-order chi connectivity index (χ1) is 14.1. The monoisotopic (exact) mass is 427 g/mol. The van der Waals surface area contributed by atoms with E-state index in [1.165, 1.54) is 11.6 Å². The van der Waals surface area contributed by atoms with E-state index in [-0.39, 0.29) is 23.3 Å². The molecule has 1 aliphatic rings. The number of benzene rings is 2. The summed E-state index contributed by atoms with van der Waals surface area (Å²) in [7, 11) is -3.72. The molecule has 2 aromatic rings. The number of carbonyl (C=O) groups is 1. The number of anilines is 1. The van der Waals surface area contributed by atoms with Gasteiger partial charge in [0.1, 0.15) is 10.7 Å². The van der Waals surface area contributed by atoms with Crippen molar-refractivity contribution in [3.8, 4) is 0 Å². The van der Waals surface area contributed by atoms with E-state index >= 15 is 0 Å². The molecule has 160 valence electrons. The molecule has 0 unspecified atom stereocenters. The Balaban J connectivity index is 1.54. The lowest BCUT2D eigenvalue weighted by Gasteiger charge is -2.27. The van der Waals surface area contributed by atoms with Crippen molar-refractivity contribution in [2.75, 3.05) is 5.32 Å². The van der Waals surface area contributed by atoms with Crippen molar-refractivity contribution in [2.45, 2.75) is 57.4 Å². The molecule has 7 heteroatoms. The van der Waals surface area contributed by atoms with Crippen molar-refractivity contribution in [1.29, 1.82) is 0 Å². The van der Waals surface area contributed by atoms with Gasteiger partial charge in [0.2, 0.25) is 5.91 Å². The summed E-state index contributed by atoms with van der Waals surface area (Å²) in [6.45, 7) is 5.89. The molecule has 1 heterocycles. The Labute approximate surface area is 178 Å². The first-order valence-corrected chi connectivity index (χ1v) is 11.6. The summed E-state index contributed by atoms with van der Waals surface area (Å²) in [5.74, 6) is 0.323. The van der Waals surface area contributed by atoms with Gasteiger partial charge in [-0.05, 0) is 42.9 Å². The van der Waals surface area contributed by atoms with Crippen molar-refractivity contribution >= 4 is 27.5 Å². The highest BCUT2D eigenvalue weighted by Gasteiger charge is 2.30. The van der Waals surface area contributed by atoms with Crippen molar-refractivity contribution in [1.82, 2.24) is 5.32 Å². The SMILES string of the molecule is C[C@@H](CCc1ccccc1)NC(=O)CC(C)(C)CC1=NS(=O)(=O)c2ccccc2N1. The van der Waals surface area contributed by atoms with Gasteiger partial charge >= 0.3 is 0 Å². The molecule has 0 aromatic heterocycles. The summed E-state index contributed by atoms with van der Waals surface area (Å²) >= 11 is 0. The molecule has 0 fully saturated rings. The number of aryl methyl sites for hydroxylation is 1. The number of rotatable bonds is 8. The highest BCUT2D eigenvalue weighted by atomic mass is 32.2. The lowest BCUT2D eigenvalue weighted by Crippen LogP contribution is -2.37. The standard InChI is InChI=1S/C23H29N3O3S/c1-17(13-14-18-9-5-4-6-10-18)24-22(27)16-23(2,3)15-21-25-19-11-7-8-12-20(19)30(28,29)26-21/h4-12,17H,13-16H2,1-3H3,(H,24,27)(H,25,26)/t17-/m0/s1. The van der Waals surface area contributed by atoms with Gasteiger partial charge in [-0.3, -0.25) is 4.79 Å². The van der Waals surface area contributed by atoms with E-state index in [4.69, 9.17) is 0 Å². The number of hydrogen-bond acceptors (Lipinski definition) is 4. The number of carbonyl (C=O) groups excluding carboxylic acids is 1. The second-order valence-electron chi connectivity index (χ2n) is 8.64. The summed E-state index contributed by atoms with van der Waals surface area (Å²) in [5.41, 5.74) is 1.33. The summed E-state index contributed by atoms with van der Waals surface area (Å²) < 4.78 is 28.8. The summed E-state index contributed by atoms with van der Waals surface area (Å²) in [6.07, 6.45) is 2.40. The number of hydrogen-bond donors (Lipinski definition) is 2. The second-order valence-corrected chi connectivity index (χ2v) is 10.2. The Hall–Kier alpha value is -2.67. The zero-order valence-electron chi connectivity index (χ0n) is 17.7. The van der Waals surface area contributed by atoms with Crippen LogP contribution in [0.25, 0.3) is 0 Å². The van der Waals surface area contributed by atoms with E-state index in [2.05, 4.69) is 27.2 Å². The minimum absolute atomic E-state index is 0.0415. The Morgan fingerprint density at radius 3 is 2.50 bits per heavy atom. The van der Waals surface area contributed by atoms with E-state index < -0.39 is 15.4 Å². The molecule has 0 radical (unpaired) electrons. The third-order valence-corrected chi connectivity index (χ3v) is 6.45. The van der Waals surface area contributed by atoms with Crippen LogP contribution in [0.5, 0.6) is 0 Å². The van der Waals surface area contributed by atoms with E-state index in [0.29, 0.717) is 17.9 Å². The molecule has 2 aromatic carbocycles. The number of amides is 1. The zero-order chi connectivity index (χ0) is 21.8. The van der Waals surface area contributed by atoms with E-state index in [9.17, 15) is 13.2 Å². The Kier molecular flexibility index (Phi) is 6.61. The van der Waals surface area contributed by atoms with E-state index in [0.717, 1.165) is 12.8 Å². The first kappa shape index (κ1) is 22.0. The molecule has 0 bridgehead atoms. The number of para-hydroxylation sites is 1. The average Bonchev–Trinajstić information content (AvgIpc) is 2.65. The van der Waals surface area contributed by atoms with Crippen LogP contribution >= 0.6 is 0 Å². The maximum absolute atomic E-state index is 12.6. The Morgan fingerprint density at radius 1 is 1.10 bits per heavy atom. The second kappa shape index (κ2) is 9.00. The van der Waals surface area contributed by atoms with Gasteiger partial charge in [-0.1, -0.05) is 56.3 Å². The fraction of sp³-hybridized carbons (Fsp3) is 0.391. The summed E-state index contributed by atoms with van der Waals surface area (Å²) in [5, 5.41) is 6.16. The van der Waals surface area contributed by atoms with Gasteiger partial charge in [-0.2, -0.15) is 8.42 Å². The highest BCUT2D eigenvalue weighted by Crippen LogP contribution is 2.32. The lowest BCUT2D eigenvalue weighted by molar-refractivity contribution is -0.123. The lowest BCUT2D eigenvalue weighted by atomic mass is 9.84. The van der Waals surface area contributed by atoms with Crippen LogP contribution < -0.4 is 10.6 Å². The number of nitrogens with zero attached hydrogens (tertiary/aromatic N) is 1. The van der Waals surface area contributed by atoms with Crippen molar-refractivity contribution in [3.05, 3.63) is 60.2 Å². The highest BCUT2D eigenvalue weighted by molar-refractivity contribution is 7.90. The largest absolute Gasteiger partial charge is 0.354 e. The van der Waals surface area contributed by atoms with Crippen LogP contribution in [0.4, 0.5) is 5.69 Å². The first-order valence-electron chi connectivity index (χ1n) is 10.2. The molecule has 6 nitrogen and oxygen atoms in total. The number of amidine groups is 1. The van der Waals surface area contributed by atoms with Crippen LogP contribution in [0, 0.1) is 5.41 Å². The summed E-state index contributed by atoms with van der Waals surface area (Å²) in [6, 6.07) is 17.0. The van der Waals surface area contributed by atoms with Gasteiger partial charge in [0.15, 0.2) is 0 Å². The minimum Gasteiger partial charge on any atom is -0.354 e. The van der Waals surface area contributed by atoms with Crippen LogP contribution in [0.1, 0.15) is 45.6 Å². The molecule has 0 saturated heterocycles. The zero-order valence-corrected chi connectivity index (χ0v) is 18.5.